The third-order valence-electron chi connectivity index (χ3n) is 13.6. The lowest BCUT2D eigenvalue weighted by atomic mass is 9.65. The van der Waals surface area contributed by atoms with Crippen LogP contribution >= 0.6 is 0 Å². The van der Waals surface area contributed by atoms with Crippen LogP contribution in [0.1, 0.15) is 83.5 Å². The number of aromatic hydroxyl groups is 1. The quantitative estimate of drug-likeness (QED) is 0.308. The average molecular weight is 750 g/mol. The highest BCUT2D eigenvalue weighted by molar-refractivity contribution is 6.05. The van der Waals surface area contributed by atoms with Crippen molar-refractivity contribution in [2.24, 2.45) is 17.8 Å². The summed E-state index contributed by atoms with van der Waals surface area (Å²) in [4.78, 5) is 46.2. The largest absolute Gasteiger partial charge is 0.508 e. The van der Waals surface area contributed by atoms with E-state index < -0.39 is 6.04 Å². The number of benzene rings is 3. The van der Waals surface area contributed by atoms with Crippen molar-refractivity contribution in [2.75, 3.05) is 68.8 Å². The molecule has 0 saturated carbocycles. The summed E-state index contributed by atoms with van der Waals surface area (Å²) in [7, 11) is 0. The first kappa shape index (κ1) is 36.2. The summed E-state index contributed by atoms with van der Waals surface area (Å²) >= 11 is 0. The summed E-state index contributed by atoms with van der Waals surface area (Å²) in [5.41, 5.74) is 6.74. The number of ether oxygens (including phenoxy) is 1. The van der Waals surface area contributed by atoms with Crippen LogP contribution in [0, 0.1) is 23.6 Å². The molecule has 55 heavy (non-hydrogen) atoms. The number of nitrogens with zero attached hydrogens (tertiary/aromatic N) is 4. The molecule has 9 rings (SSSR count). The Morgan fingerprint density at radius 3 is 2.24 bits per heavy atom. The van der Waals surface area contributed by atoms with E-state index in [1.807, 2.05) is 30.3 Å². The number of phenols is 1. The number of fused-ring (bicyclic) bond motifs is 2. The standard InChI is InChI=1S/C44H52FN5O5/c45-39-25-33(3-7-38(39)42-35(29-13-21-55-22-14-29)5-1-30-24-34(51)4-8-36(30)42)48-15-11-28(12-16-48)26-47-17-19-49(20-18-47)32-2-6-37-31(23-32)27-50(44(37)54)40-9-10-41(52)46-43(40)53/h2-4,6-8,23-25,28-29,35,40,42,51H,1,5,9-22,26-27H2,(H,46,52,53)/t35-,40+,42+/m0/s1. The number of carbonyl (C=O) groups is 3. The molecule has 6 aliphatic rings. The maximum absolute atomic E-state index is 16.3. The molecule has 0 radical (unpaired) electrons. The molecule has 1 aliphatic carbocycles. The highest BCUT2D eigenvalue weighted by Gasteiger charge is 2.40. The molecule has 4 saturated heterocycles. The van der Waals surface area contributed by atoms with Gasteiger partial charge in [-0.2, -0.15) is 0 Å². The van der Waals surface area contributed by atoms with Gasteiger partial charge < -0.3 is 24.5 Å². The van der Waals surface area contributed by atoms with Crippen molar-refractivity contribution in [2.45, 2.75) is 69.9 Å². The number of hydrogen-bond donors (Lipinski definition) is 2. The van der Waals surface area contributed by atoms with Crippen molar-refractivity contribution >= 4 is 29.1 Å². The van der Waals surface area contributed by atoms with Gasteiger partial charge in [0.2, 0.25) is 11.8 Å². The predicted molar refractivity (Wildman–Crippen MR) is 208 cm³/mol. The lowest BCUT2D eigenvalue weighted by molar-refractivity contribution is -0.136. The number of piperidine rings is 2. The number of anilines is 2. The maximum atomic E-state index is 16.3. The molecular weight excluding hydrogens is 698 g/mol. The van der Waals surface area contributed by atoms with Gasteiger partial charge in [-0.1, -0.05) is 12.1 Å². The number of amides is 3. The second-order valence-electron chi connectivity index (χ2n) is 16.7. The zero-order chi connectivity index (χ0) is 37.6. The fourth-order valence-corrected chi connectivity index (χ4v) is 10.5. The lowest BCUT2D eigenvalue weighted by Crippen LogP contribution is -2.52. The number of phenolic OH excluding ortho intramolecular Hbond substituents is 1. The molecule has 3 amide bonds. The molecule has 0 bridgehead atoms. The summed E-state index contributed by atoms with van der Waals surface area (Å²) in [6.07, 6.45) is 6.73. The third-order valence-corrected chi connectivity index (χ3v) is 13.6. The van der Waals surface area contributed by atoms with E-state index in [-0.39, 0.29) is 41.6 Å². The van der Waals surface area contributed by atoms with E-state index in [0.29, 0.717) is 36.3 Å². The molecule has 11 heteroatoms. The van der Waals surface area contributed by atoms with Crippen molar-refractivity contribution in [3.8, 4) is 5.75 Å². The number of halogens is 1. The molecule has 0 aromatic heterocycles. The van der Waals surface area contributed by atoms with E-state index in [1.165, 1.54) is 0 Å². The van der Waals surface area contributed by atoms with Gasteiger partial charge in [-0.15, -0.1) is 0 Å². The van der Waals surface area contributed by atoms with Crippen LogP contribution in [0.15, 0.2) is 54.6 Å². The van der Waals surface area contributed by atoms with Crippen molar-refractivity contribution in [3.63, 3.8) is 0 Å². The third kappa shape index (κ3) is 7.21. The molecule has 5 heterocycles. The molecule has 0 spiro atoms. The fraction of sp³-hybridized carbons (Fsp3) is 0.523. The van der Waals surface area contributed by atoms with Crippen LogP contribution in [-0.4, -0.2) is 97.7 Å². The van der Waals surface area contributed by atoms with E-state index in [4.69, 9.17) is 4.74 Å². The summed E-state index contributed by atoms with van der Waals surface area (Å²) < 4.78 is 22.0. The van der Waals surface area contributed by atoms with Gasteiger partial charge in [0.15, 0.2) is 0 Å². The molecule has 10 nitrogen and oxygen atoms in total. The van der Waals surface area contributed by atoms with E-state index in [0.717, 1.165) is 131 Å². The topological polar surface area (TPSA) is 106 Å². The molecule has 4 fully saturated rings. The summed E-state index contributed by atoms with van der Waals surface area (Å²) in [5, 5.41) is 12.6. The lowest BCUT2D eigenvalue weighted by Gasteiger charge is -2.41. The van der Waals surface area contributed by atoms with Crippen LogP contribution in [-0.2, 0) is 27.3 Å². The van der Waals surface area contributed by atoms with Crippen molar-refractivity contribution < 1.29 is 28.6 Å². The number of imide groups is 1. The van der Waals surface area contributed by atoms with Crippen LogP contribution in [0.3, 0.4) is 0 Å². The normalized spacial score (nSPS) is 25.6. The van der Waals surface area contributed by atoms with Crippen LogP contribution in [0.4, 0.5) is 15.8 Å². The first-order valence-corrected chi connectivity index (χ1v) is 20.5. The zero-order valence-corrected chi connectivity index (χ0v) is 31.6. The van der Waals surface area contributed by atoms with Gasteiger partial charge in [-0.3, -0.25) is 24.6 Å². The van der Waals surface area contributed by atoms with Crippen molar-refractivity contribution in [1.82, 2.24) is 15.1 Å². The molecule has 5 aliphatic heterocycles. The van der Waals surface area contributed by atoms with E-state index in [1.54, 1.807) is 17.0 Å². The Labute approximate surface area is 322 Å². The average Bonchev–Trinajstić information content (AvgIpc) is 3.53. The number of piperazine rings is 1. The first-order chi connectivity index (χ1) is 26.8. The van der Waals surface area contributed by atoms with Crippen LogP contribution in [0.2, 0.25) is 0 Å². The summed E-state index contributed by atoms with van der Waals surface area (Å²) in [6.45, 7) is 8.63. The van der Waals surface area contributed by atoms with E-state index in [9.17, 15) is 19.5 Å². The second-order valence-corrected chi connectivity index (χ2v) is 16.7. The Balaban J connectivity index is 0.787. The van der Waals surface area contributed by atoms with Crippen molar-refractivity contribution in [3.05, 3.63) is 88.2 Å². The number of nitrogens with one attached hydrogen (secondary N) is 1. The summed E-state index contributed by atoms with van der Waals surface area (Å²) in [5.74, 6) is 0.807. The molecule has 3 aromatic rings. The molecule has 290 valence electrons. The zero-order valence-electron chi connectivity index (χ0n) is 31.6. The Morgan fingerprint density at radius 1 is 0.745 bits per heavy atom. The number of rotatable bonds is 7. The molecule has 2 N–H and O–H groups in total. The maximum Gasteiger partial charge on any atom is 0.255 e. The molecular formula is C44H52FN5O5. The highest BCUT2D eigenvalue weighted by atomic mass is 19.1. The summed E-state index contributed by atoms with van der Waals surface area (Å²) in [6, 6.07) is 17.0. The van der Waals surface area contributed by atoms with Crippen LogP contribution in [0.5, 0.6) is 5.75 Å². The van der Waals surface area contributed by atoms with Gasteiger partial charge in [0.25, 0.3) is 5.91 Å². The predicted octanol–water partition coefficient (Wildman–Crippen LogP) is 5.45. The van der Waals surface area contributed by atoms with Crippen LogP contribution < -0.4 is 15.1 Å². The van der Waals surface area contributed by atoms with E-state index in [2.05, 4.69) is 32.1 Å². The number of hydrogen-bond acceptors (Lipinski definition) is 8. The molecule has 3 aromatic carbocycles. The minimum absolute atomic E-state index is 0.0186. The first-order valence-electron chi connectivity index (χ1n) is 20.5. The smallest absolute Gasteiger partial charge is 0.255 e. The van der Waals surface area contributed by atoms with Gasteiger partial charge in [0.05, 0.1) is 0 Å². The number of aryl methyl sites for hydroxylation is 1. The molecule has 3 atom stereocenters. The minimum atomic E-state index is -0.601. The Kier molecular flexibility index (Phi) is 10.0. The minimum Gasteiger partial charge on any atom is -0.508 e. The highest BCUT2D eigenvalue weighted by Crippen LogP contribution is 2.48. The van der Waals surface area contributed by atoms with Crippen LogP contribution in [0.25, 0.3) is 0 Å². The van der Waals surface area contributed by atoms with Gasteiger partial charge in [-0.25, -0.2) is 4.39 Å². The Bertz CT molecular complexity index is 1950. The van der Waals surface area contributed by atoms with E-state index >= 15 is 4.39 Å². The fourth-order valence-electron chi connectivity index (χ4n) is 10.5. The SMILES string of the molecule is O=C1CC[C@@H](N2Cc3cc(N4CCN(CC5CCN(c6ccc([C@H]7c8ccc(O)cc8CC[C@H]7C7CCOCC7)c(F)c6)CC5)CC4)ccc3C2=O)C(=O)N1. The number of carbonyl (C=O) groups excluding carboxylic acids is 3. The Morgan fingerprint density at radius 2 is 1.47 bits per heavy atom. The van der Waals surface area contributed by atoms with Gasteiger partial charge in [0.1, 0.15) is 17.6 Å². The van der Waals surface area contributed by atoms with Crippen molar-refractivity contribution in [1.29, 1.82) is 0 Å². The van der Waals surface area contributed by atoms with Gasteiger partial charge in [-0.05, 0) is 127 Å². The monoisotopic (exact) mass is 749 g/mol. The van der Waals surface area contributed by atoms with Gasteiger partial charge >= 0.3 is 0 Å². The Hall–Kier alpha value is -4.48. The van der Waals surface area contributed by atoms with Gasteiger partial charge in [0, 0.05) is 94.8 Å². The molecule has 0 unspecified atom stereocenters. The second kappa shape index (κ2) is 15.2.